The molecule has 27 heavy (non-hydrogen) atoms. The van der Waals surface area contributed by atoms with E-state index in [4.69, 9.17) is 10.6 Å². The molecule has 2 atom stereocenters. The van der Waals surface area contributed by atoms with Crippen molar-refractivity contribution in [3.05, 3.63) is 41.3 Å². The highest BCUT2D eigenvalue weighted by atomic mass is 19.1. The molecule has 0 fully saturated rings. The molecule has 0 saturated carbocycles. The average Bonchev–Trinajstić information content (AvgIpc) is 3.00. The van der Waals surface area contributed by atoms with Crippen molar-refractivity contribution in [1.29, 1.82) is 0 Å². The van der Waals surface area contributed by atoms with Gasteiger partial charge in [0.05, 0.1) is 0 Å². The Labute approximate surface area is 152 Å². The van der Waals surface area contributed by atoms with Gasteiger partial charge < -0.3 is 26.0 Å². The second-order valence-electron chi connectivity index (χ2n) is 5.87. The number of carboxylic acids is 1. The first-order valence-corrected chi connectivity index (χ1v) is 7.99. The van der Waals surface area contributed by atoms with Crippen LogP contribution in [0.2, 0.25) is 0 Å². The molecule has 1 amide bonds. The number of aromatic amines is 1. The number of aliphatic hydroxyl groups is 1. The zero-order valence-electron chi connectivity index (χ0n) is 14.1. The Morgan fingerprint density at radius 1 is 1.37 bits per heavy atom. The van der Waals surface area contributed by atoms with E-state index in [-0.39, 0.29) is 19.3 Å². The van der Waals surface area contributed by atoms with Crippen LogP contribution in [0.25, 0.3) is 16.4 Å². The van der Waals surface area contributed by atoms with Crippen molar-refractivity contribution in [3.8, 4) is 0 Å². The molecule has 4 N–H and O–H groups in total. The van der Waals surface area contributed by atoms with Crippen molar-refractivity contribution in [1.82, 2.24) is 10.3 Å². The van der Waals surface area contributed by atoms with Gasteiger partial charge >= 0.3 is 12.2 Å². The van der Waals surface area contributed by atoms with Crippen LogP contribution in [0.5, 0.6) is 0 Å². The minimum Gasteiger partial charge on any atom is -0.480 e. The molecular formula is C17H17FN4O5. The lowest BCUT2D eigenvalue weighted by Gasteiger charge is -2.16. The number of amides is 1. The maximum atomic E-state index is 13.2. The zero-order valence-corrected chi connectivity index (χ0v) is 14.1. The lowest BCUT2D eigenvalue weighted by atomic mass is 10.0. The Morgan fingerprint density at radius 3 is 2.78 bits per heavy atom. The number of rotatable bonds is 9. The number of nitrogens with zero attached hydrogens (tertiary/aromatic N) is 2. The second kappa shape index (κ2) is 8.84. The first-order chi connectivity index (χ1) is 12.8. The summed E-state index contributed by atoms with van der Waals surface area (Å²) in [4.78, 5) is 39.9. The standard InChI is InChI=1S/C17H17FN4O5/c18-10-1-3-12-9(7-20-14(12)6-10)5-15(24)16(25)22-13(17(26)27)4-2-11(23)8-21-19/h1,3,6-8,13,15,20,24H,2,4-5H2,(H,22,25)(H,26,27)/t13-,15-/m0/s1. The van der Waals surface area contributed by atoms with Crippen LogP contribution in [0, 0.1) is 5.82 Å². The number of aromatic nitrogens is 1. The van der Waals surface area contributed by atoms with Gasteiger partial charge in [-0.3, -0.25) is 9.59 Å². The Bertz CT molecular complexity index is 919. The van der Waals surface area contributed by atoms with Gasteiger partial charge in [-0.05, 0) is 30.2 Å². The summed E-state index contributed by atoms with van der Waals surface area (Å²) in [5.74, 6) is -3.32. The molecule has 1 aromatic heterocycles. The van der Waals surface area contributed by atoms with Gasteiger partial charge in [-0.1, -0.05) is 0 Å². The van der Waals surface area contributed by atoms with E-state index in [9.17, 15) is 23.9 Å². The number of hydrogen-bond acceptors (Lipinski definition) is 4. The lowest BCUT2D eigenvalue weighted by molar-refractivity contribution is -0.143. The normalized spacial score (nSPS) is 12.8. The predicted octanol–water partition coefficient (Wildman–Crippen LogP) is 0.430. The van der Waals surface area contributed by atoms with Crippen molar-refractivity contribution >= 4 is 34.8 Å². The molecule has 0 spiro atoms. The highest BCUT2D eigenvalue weighted by Crippen LogP contribution is 2.20. The number of hydrogen-bond donors (Lipinski definition) is 4. The highest BCUT2D eigenvalue weighted by molar-refractivity contribution is 6.25. The van der Waals surface area contributed by atoms with Gasteiger partial charge in [0.1, 0.15) is 18.0 Å². The maximum absolute atomic E-state index is 13.2. The molecule has 142 valence electrons. The molecule has 2 aromatic rings. The number of carbonyl (C=O) groups excluding carboxylic acids is 2. The fourth-order valence-corrected chi connectivity index (χ4v) is 2.57. The van der Waals surface area contributed by atoms with E-state index in [0.717, 1.165) is 0 Å². The third kappa shape index (κ3) is 5.30. The molecule has 0 aliphatic heterocycles. The summed E-state index contributed by atoms with van der Waals surface area (Å²) in [6.07, 6.45) is 0.0270. The number of aliphatic hydroxyl groups excluding tert-OH is 1. The van der Waals surface area contributed by atoms with Crippen molar-refractivity contribution in [2.24, 2.45) is 0 Å². The van der Waals surface area contributed by atoms with Crippen LogP contribution < -0.4 is 5.32 Å². The molecule has 10 heteroatoms. The number of ketones is 1. The van der Waals surface area contributed by atoms with E-state index in [1.165, 1.54) is 24.4 Å². The Hall–Kier alpha value is -3.36. The summed E-state index contributed by atoms with van der Waals surface area (Å²) < 4.78 is 13.2. The lowest BCUT2D eigenvalue weighted by Crippen LogP contribution is -2.46. The monoisotopic (exact) mass is 376 g/mol. The molecule has 0 aliphatic rings. The summed E-state index contributed by atoms with van der Waals surface area (Å²) in [5.41, 5.74) is 9.32. The number of Topliss-reactive ketones (excluding diaryl/α,β-unsaturated/α-hetero) is 1. The molecule has 2 rings (SSSR count). The van der Waals surface area contributed by atoms with Crippen LogP contribution in [-0.4, -0.2) is 56.0 Å². The van der Waals surface area contributed by atoms with Crippen LogP contribution in [-0.2, 0) is 20.8 Å². The number of carboxylic acid groups (broad SMARTS) is 1. The van der Waals surface area contributed by atoms with Crippen molar-refractivity contribution < 1.29 is 33.8 Å². The van der Waals surface area contributed by atoms with Gasteiger partial charge in [0.2, 0.25) is 11.7 Å². The van der Waals surface area contributed by atoms with Gasteiger partial charge in [-0.15, -0.1) is 0 Å². The molecule has 0 saturated heterocycles. The predicted molar refractivity (Wildman–Crippen MR) is 91.5 cm³/mol. The molecule has 0 radical (unpaired) electrons. The molecule has 1 aromatic carbocycles. The number of H-pyrrole nitrogens is 1. The fraction of sp³-hybridized carbons (Fsp3) is 0.294. The van der Waals surface area contributed by atoms with Crippen LogP contribution in [0.15, 0.2) is 24.4 Å². The molecule has 0 aliphatic carbocycles. The van der Waals surface area contributed by atoms with Crippen molar-refractivity contribution in [3.63, 3.8) is 0 Å². The Morgan fingerprint density at radius 2 is 2.11 bits per heavy atom. The minimum atomic E-state index is -1.54. The topological polar surface area (TPSA) is 156 Å². The van der Waals surface area contributed by atoms with Crippen LogP contribution >= 0.6 is 0 Å². The third-order valence-electron chi connectivity index (χ3n) is 3.94. The smallest absolute Gasteiger partial charge is 0.326 e. The van der Waals surface area contributed by atoms with Crippen LogP contribution in [0.1, 0.15) is 18.4 Å². The number of fused-ring (bicyclic) bond motifs is 1. The first kappa shape index (κ1) is 20.0. The van der Waals surface area contributed by atoms with Crippen LogP contribution in [0.4, 0.5) is 4.39 Å². The van der Waals surface area contributed by atoms with E-state index < -0.39 is 35.6 Å². The molecule has 0 unspecified atom stereocenters. The molecule has 0 bridgehead atoms. The molecule has 9 nitrogen and oxygen atoms in total. The van der Waals surface area contributed by atoms with Crippen molar-refractivity contribution in [2.75, 3.05) is 0 Å². The highest BCUT2D eigenvalue weighted by Gasteiger charge is 2.25. The maximum Gasteiger partial charge on any atom is 0.326 e. The Balaban J connectivity index is 2.00. The summed E-state index contributed by atoms with van der Waals surface area (Å²) in [6.45, 7) is 0. The van der Waals surface area contributed by atoms with E-state index in [0.29, 0.717) is 22.7 Å². The Kier molecular flexibility index (Phi) is 6.53. The quantitative estimate of drug-likeness (QED) is 0.284. The van der Waals surface area contributed by atoms with E-state index in [1.54, 1.807) is 0 Å². The van der Waals surface area contributed by atoms with Crippen LogP contribution in [0.3, 0.4) is 0 Å². The number of benzene rings is 1. The number of halogens is 1. The summed E-state index contributed by atoms with van der Waals surface area (Å²) in [6, 6.07) is 2.65. The number of carbonyl (C=O) groups is 3. The van der Waals surface area contributed by atoms with Crippen molar-refractivity contribution in [2.45, 2.75) is 31.4 Å². The van der Waals surface area contributed by atoms with E-state index in [1.807, 2.05) is 0 Å². The van der Waals surface area contributed by atoms with E-state index >= 15 is 0 Å². The van der Waals surface area contributed by atoms with E-state index in [2.05, 4.69) is 15.1 Å². The fourth-order valence-electron chi connectivity index (χ4n) is 2.57. The van der Waals surface area contributed by atoms with Gasteiger partial charge in [0, 0.05) is 29.9 Å². The van der Waals surface area contributed by atoms with Gasteiger partial charge in [-0.2, -0.15) is 4.79 Å². The minimum absolute atomic E-state index is 0.111. The number of nitrogens with one attached hydrogen (secondary N) is 2. The summed E-state index contributed by atoms with van der Waals surface area (Å²) >= 11 is 0. The molecular weight excluding hydrogens is 359 g/mol. The average molecular weight is 376 g/mol. The SMILES string of the molecule is [N-]=[N+]=CC(=O)CC[C@H](NC(=O)[C@@H](O)Cc1c[nH]c2cc(F)ccc12)C(=O)O. The molecule has 1 heterocycles. The largest absolute Gasteiger partial charge is 0.480 e. The van der Waals surface area contributed by atoms with Gasteiger partial charge in [0.15, 0.2) is 0 Å². The number of aliphatic carboxylic acids is 1. The second-order valence-corrected chi connectivity index (χ2v) is 5.87. The zero-order chi connectivity index (χ0) is 20.0. The van der Waals surface area contributed by atoms with Gasteiger partial charge in [0.25, 0.3) is 0 Å². The van der Waals surface area contributed by atoms with Gasteiger partial charge in [-0.25, -0.2) is 9.18 Å². The third-order valence-corrected chi connectivity index (χ3v) is 3.94. The first-order valence-electron chi connectivity index (χ1n) is 7.99. The summed E-state index contributed by atoms with van der Waals surface area (Å²) in [7, 11) is 0. The summed E-state index contributed by atoms with van der Waals surface area (Å²) in [5, 5.41) is 22.0.